The zero-order valence-electron chi connectivity index (χ0n) is 8.57. The van der Waals surface area contributed by atoms with Gasteiger partial charge in [-0.2, -0.15) is 0 Å². The van der Waals surface area contributed by atoms with Crippen molar-refractivity contribution >= 4 is 30.5 Å². The van der Waals surface area contributed by atoms with Crippen molar-refractivity contribution in [3.8, 4) is 0 Å². The number of nitrogens with two attached hydrogens (primary N) is 1. The molecule has 1 aromatic carbocycles. The highest BCUT2D eigenvalue weighted by atomic mass is 15.0. The van der Waals surface area contributed by atoms with Crippen LogP contribution in [0.5, 0.6) is 0 Å². The Labute approximate surface area is 89.7 Å². The molecule has 2 aromatic rings. The van der Waals surface area contributed by atoms with Crippen LogP contribution in [0.15, 0.2) is 42.6 Å². The van der Waals surface area contributed by atoms with Gasteiger partial charge in [0.25, 0.3) is 0 Å². The molecule has 0 aliphatic heterocycles. The van der Waals surface area contributed by atoms with Crippen molar-refractivity contribution in [3.05, 3.63) is 42.6 Å². The molecule has 0 atom stereocenters. The predicted octanol–water partition coefficient (Wildman–Crippen LogP) is 0.666. The summed E-state index contributed by atoms with van der Waals surface area (Å²) in [5.41, 5.74) is 8.64. The highest BCUT2D eigenvalue weighted by Gasteiger charge is 1.99. The van der Waals surface area contributed by atoms with Gasteiger partial charge in [0.15, 0.2) is 5.82 Å². The maximum Gasteiger partial charge on any atom is 0.153 e. The molecule has 0 amide bonds. The van der Waals surface area contributed by atoms with E-state index in [4.69, 9.17) is 5.73 Å². The highest BCUT2D eigenvalue weighted by molar-refractivity contribution is 6.32. The summed E-state index contributed by atoms with van der Waals surface area (Å²) in [7, 11) is 2.05. The lowest BCUT2D eigenvalue weighted by Crippen LogP contribution is -2.04. The third kappa shape index (κ3) is 2.28. The molecule has 1 heterocycles. The molecule has 1 aromatic heterocycles. The smallest absolute Gasteiger partial charge is 0.153 e. The molecule has 0 saturated carbocycles. The van der Waals surface area contributed by atoms with Crippen molar-refractivity contribution in [2.45, 2.75) is 0 Å². The van der Waals surface area contributed by atoms with Crippen LogP contribution in [0.1, 0.15) is 0 Å². The number of pyridine rings is 1. The van der Waals surface area contributed by atoms with Gasteiger partial charge in [0.2, 0.25) is 0 Å². The van der Waals surface area contributed by atoms with Crippen molar-refractivity contribution in [3.63, 3.8) is 0 Å². The largest absolute Gasteiger partial charge is 0.396 e. The summed E-state index contributed by atoms with van der Waals surface area (Å²) in [6.45, 7) is 0. The number of nitrogens with one attached hydrogen (secondary N) is 1. The summed E-state index contributed by atoms with van der Waals surface area (Å²) in [6.07, 6.45) is 1.72. The molecule has 0 radical (unpaired) electrons. The predicted molar refractivity (Wildman–Crippen MR) is 66.6 cm³/mol. The molecule has 74 valence electrons. The molecular formula is C11H12BN3. The Morgan fingerprint density at radius 2 is 2.07 bits per heavy atom. The van der Waals surface area contributed by atoms with Crippen molar-refractivity contribution < 1.29 is 0 Å². The van der Waals surface area contributed by atoms with Crippen LogP contribution in [0.3, 0.4) is 0 Å². The first-order chi connectivity index (χ1) is 7.25. The van der Waals surface area contributed by atoms with E-state index in [9.17, 15) is 0 Å². The van der Waals surface area contributed by atoms with Gasteiger partial charge in [0, 0.05) is 11.9 Å². The number of nitrogen functional groups attached to an aromatic ring is 1. The van der Waals surface area contributed by atoms with Crippen molar-refractivity contribution in [2.24, 2.45) is 0 Å². The van der Waals surface area contributed by atoms with Gasteiger partial charge >= 0.3 is 0 Å². The standard InChI is InChI=1S/C11H12BN3/c12-8-3-1-4-9(7-8)15-11-10(13)5-2-6-14-11/h1-7H,12-13H2,(H,14,15). The minimum atomic E-state index is 0.652. The zero-order valence-corrected chi connectivity index (χ0v) is 8.57. The van der Waals surface area contributed by atoms with Gasteiger partial charge in [-0.25, -0.2) is 4.98 Å². The van der Waals surface area contributed by atoms with Crippen LogP contribution in [0.4, 0.5) is 17.2 Å². The molecule has 0 unspecified atom stereocenters. The normalized spacial score (nSPS) is 9.87. The summed E-state index contributed by atoms with van der Waals surface area (Å²) in [5, 5.41) is 3.18. The number of hydrogen-bond donors (Lipinski definition) is 2. The summed E-state index contributed by atoms with van der Waals surface area (Å²) >= 11 is 0. The monoisotopic (exact) mass is 197 g/mol. The van der Waals surface area contributed by atoms with E-state index in [1.54, 1.807) is 6.20 Å². The Bertz CT molecular complexity index is 471. The van der Waals surface area contributed by atoms with Gasteiger partial charge in [-0.15, -0.1) is 0 Å². The van der Waals surface area contributed by atoms with E-state index in [1.165, 1.54) is 5.46 Å². The van der Waals surface area contributed by atoms with Crippen LogP contribution in [0.2, 0.25) is 0 Å². The van der Waals surface area contributed by atoms with Gasteiger partial charge in [-0.1, -0.05) is 17.6 Å². The molecular weight excluding hydrogens is 185 g/mol. The Hall–Kier alpha value is -1.97. The molecule has 15 heavy (non-hydrogen) atoms. The number of anilines is 3. The fraction of sp³-hybridized carbons (Fsp3) is 0. The topological polar surface area (TPSA) is 50.9 Å². The van der Waals surface area contributed by atoms with Gasteiger partial charge in [0.1, 0.15) is 7.85 Å². The third-order valence-corrected chi connectivity index (χ3v) is 2.12. The lowest BCUT2D eigenvalue weighted by molar-refractivity contribution is 1.31. The van der Waals surface area contributed by atoms with Crippen molar-refractivity contribution in [2.75, 3.05) is 11.1 Å². The third-order valence-electron chi connectivity index (χ3n) is 2.12. The number of hydrogen-bond acceptors (Lipinski definition) is 3. The van der Waals surface area contributed by atoms with Gasteiger partial charge in [-0.3, -0.25) is 0 Å². The van der Waals surface area contributed by atoms with Gasteiger partial charge < -0.3 is 11.1 Å². The molecule has 0 fully saturated rings. The number of nitrogens with zero attached hydrogens (tertiary/aromatic N) is 1. The van der Waals surface area contributed by atoms with E-state index in [0.717, 1.165) is 5.69 Å². The van der Waals surface area contributed by atoms with E-state index in [0.29, 0.717) is 11.5 Å². The maximum atomic E-state index is 5.78. The lowest BCUT2D eigenvalue weighted by atomic mass is 9.96. The molecule has 3 nitrogen and oxygen atoms in total. The van der Waals surface area contributed by atoms with E-state index in [1.807, 2.05) is 44.2 Å². The Morgan fingerprint density at radius 3 is 2.80 bits per heavy atom. The van der Waals surface area contributed by atoms with Crippen molar-refractivity contribution in [1.29, 1.82) is 0 Å². The second-order valence-corrected chi connectivity index (χ2v) is 3.44. The van der Waals surface area contributed by atoms with Crippen LogP contribution < -0.4 is 16.5 Å². The van der Waals surface area contributed by atoms with Crippen LogP contribution in [-0.4, -0.2) is 12.8 Å². The molecule has 0 spiro atoms. The molecule has 3 N–H and O–H groups in total. The highest BCUT2D eigenvalue weighted by Crippen LogP contribution is 2.18. The van der Waals surface area contributed by atoms with Crippen LogP contribution in [-0.2, 0) is 0 Å². The molecule has 0 aliphatic rings. The average Bonchev–Trinajstić information content (AvgIpc) is 2.22. The quantitative estimate of drug-likeness (QED) is 0.695. The minimum absolute atomic E-state index is 0.652. The SMILES string of the molecule is Bc1cccc(Nc2ncccc2N)c1. The summed E-state index contributed by atoms with van der Waals surface area (Å²) < 4.78 is 0. The van der Waals surface area contributed by atoms with Gasteiger partial charge in [0.05, 0.1) is 5.69 Å². The van der Waals surface area contributed by atoms with Crippen molar-refractivity contribution in [1.82, 2.24) is 4.98 Å². The second kappa shape index (κ2) is 4.04. The van der Waals surface area contributed by atoms with E-state index >= 15 is 0 Å². The zero-order chi connectivity index (χ0) is 10.7. The minimum Gasteiger partial charge on any atom is -0.396 e. The first-order valence-corrected chi connectivity index (χ1v) is 4.80. The molecule has 0 aliphatic carbocycles. The number of aromatic nitrogens is 1. The summed E-state index contributed by atoms with van der Waals surface area (Å²) in [4.78, 5) is 4.17. The number of benzene rings is 1. The first-order valence-electron chi connectivity index (χ1n) is 4.80. The average molecular weight is 197 g/mol. The van der Waals surface area contributed by atoms with Crippen LogP contribution in [0, 0.1) is 0 Å². The second-order valence-electron chi connectivity index (χ2n) is 3.44. The lowest BCUT2D eigenvalue weighted by Gasteiger charge is -2.08. The van der Waals surface area contributed by atoms with E-state index < -0.39 is 0 Å². The molecule has 4 heteroatoms. The van der Waals surface area contributed by atoms with E-state index in [2.05, 4.69) is 10.3 Å². The Balaban J connectivity index is 2.26. The maximum absolute atomic E-state index is 5.78. The van der Waals surface area contributed by atoms with E-state index in [-0.39, 0.29) is 0 Å². The Morgan fingerprint density at radius 1 is 1.20 bits per heavy atom. The fourth-order valence-corrected chi connectivity index (χ4v) is 1.38. The van der Waals surface area contributed by atoms with Gasteiger partial charge in [-0.05, 0) is 24.3 Å². The van der Waals surface area contributed by atoms with Crippen LogP contribution in [0.25, 0.3) is 0 Å². The Kier molecular flexibility index (Phi) is 2.58. The first kappa shape index (κ1) is 9.58. The molecule has 0 bridgehead atoms. The van der Waals surface area contributed by atoms with Crippen LogP contribution >= 0.6 is 0 Å². The summed E-state index contributed by atoms with van der Waals surface area (Å²) in [6, 6.07) is 11.7. The number of rotatable bonds is 2. The fourth-order valence-electron chi connectivity index (χ4n) is 1.38. The molecule has 0 saturated heterocycles. The molecule has 2 rings (SSSR count). The summed E-state index contributed by atoms with van der Waals surface area (Å²) in [5.74, 6) is 0.697.